The number of rotatable bonds is 11. The lowest BCUT2D eigenvalue weighted by Crippen LogP contribution is -2.29. The van der Waals surface area contributed by atoms with Crippen LogP contribution in [0.4, 0.5) is 5.69 Å². The van der Waals surface area contributed by atoms with E-state index < -0.39 is 10.0 Å². The Bertz CT molecular complexity index is 1160. The molecule has 1 N–H and O–H groups in total. The van der Waals surface area contributed by atoms with Gasteiger partial charge in [-0.3, -0.25) is 9.10 Å². The predicted molar refractivity (Wildman–Crippen MR) is 140 cm³/mol. The molecule has 0 saturated carbocycles. The SMILES string of the molecule is CCCCc1ccc(N(Cc2ccc(C(=O)NC[C@@H](C)c3ccccc3)cc2)S(C)(=O)=O)cc1. The largest absolute Gasteiger partial charge is 0.351 e. The van der Waals surface area contributed by atoms with Crippen LogP contribution in [-0.2, 0) is 23.0 Å². The summed E-state index contributed by atoms with van der Waals surface area (Å²) in [5.74, 6) is 0.0677. The summed E-state index contributed by atoms with van der Waals surface area (Å²) in [6, 6.07) is 24.9. The zero-order chi connectivity index (χ0) is 24.6. The zero-order valence-corrected chi connectivity index (χ0v) is 21.0. The summed E-state index contributed by atoms with van der Waals surface area (Å²) in [6.07, 6.45) is 4.44. The second-order valence-electron chi connectivity index (χ2n) is 8.76. The lowest BCUT2D eigenvalue weighted by molar-refractivity contribution is 0.0951. The number of hydrogen-bond donors (Lipinski definition) is 1. The highest BCUT2D eigenvalue weighted by Gasteiger charge is 2.18. The smallest absolute Gasteiger partial charge is 0.251 e. The van der Waals surface area contributed by atoms with E-state index in [1.165, 1.54) is 21.7 Å². The maximum atomic E-state index is 12.6. The maximum Gasteiger partial charge on any atom is 0.251 e. The Labute approximate surface area is 203 Å². The molecule has 0 aliphatic carbocycles. The van der Waals surface area contributed by atoms with E-state index in [0.717, 1.165) is 24.8 Å². The molecule has 0 spiro atoms. The normalized spacial score (nSPS) is 12.2. The van der Waals surface area contributed by atoms with Crippen LogP contribution in [0.15, 0.2) is 78.9 Å². The molecule has 3 aromatic rings. The highest BCUT2D eigenvalue weighted by atomic mass is 32.2. The minimum absolute atomic E-state index is 0.142. The molecule has 0 heterocycles. The Kier molecular flexibility index (Phi) is 8.88. The van der Waals surface area contributed by atoms with Crippen LogP contribution in [0.3, 0.4) is 0 Å². The Morgan fingerprint density at radius 2 is 1.53 bits per heavy atom. The number of carbonyl (C=O) groups excluding carboxylic acids is 1. The van der Waals surface area contributed by atoms with Gasteiger partial charge in [0.1, 0.15) is 0 Å². The van der Waals surface area contributed by atoms with Crippen molar-refractivity contribution in [3.8, 4) is 0 Å². The molecule has 0 saturated heterocycles. The lowest BCUT2D eigenvalue weighted by atomic mass is 10.0. The number of benzene rings is 3. The van der Waals surface area contributed by atoms with Gasteiger partial charge in [-0.25, -0.2) is 8.42 Å². The molecule has 0 bridgehead atoms. The molecule has 3 aromatic carbocycles. The van der Waals surface area contributed by atoms with Gasteiger partial charge in [-0.15, -0.1) is 0 Å². The Hall–Kier alpha value is -3.12. The first-order valence-corrected chi connectivity index (χ1v) is 13.6. The van der Waals surface area contributed by atoms with Crippen LogP contribution in [0.1, 0.15) is 59.7 Å². The standard InChI is InChI=1S/C28H34N2O3S/c1-4-5-9-23-14-18-27(19-15-23)30(34(3,32)33)21-24-12-16-26(17-13-24)28(31)29-20-22(2)25-10-7-6-8-11-25/h6-8,10-19,22H,4-5,9,20-21H2,1-3H3,(H,29,31)/t22-/m1/s1. The predicted octanol–water partition coefficient (Wildman–Crippen LogP) is 5.53. The topological polar surface area (TPSA) is 66.5 Å². The van der Waals surface area contributed by atoms with Gasteiger partial charge in [0.15, 0.2) is 0 Å². The van der Waals surface area contributed by atoms with Crippen molar-refractivity contribution in [3.05, 3.63) is 101 Å². The number of sulfonamides is 1. The summed E-state index contributed by atoms with van der Waals surface area (Å²) in [7, 11) is -3.46. The third kappa shape index (κ3) is 7.19. The van der Waals surface area contributed by atoms with E-state index in [4.69, 9.17) is 0 Å². The van der Waals surface area contributed by atoms with Crippen molar-refractivity contribution >= 4 is 21.6 Å². The average Bonchev–Trinajstić information content (AvgIpc) is 2.85. The van der Waals surface area contributed by atoms with Gasteiger partial charge in [0.2, 0.25) is 10.0 Å². The number of anilines is 1. The molecule has 0 aliphatic rings. The number of aryl methyl sites for hydroxylation is 1. The van der Waals surface area contributed by atoms with Gasteiger partial charge in [0.05, 0.1) is 18.5 Å². The molecule has 5 nitrogen and oxygen atoms in total. The molecule has 34 heavy (non-hydrogen) atoms. The van der Waals surface area contributed by atoms with Gasteiger partial charge in [-0.2, -0.15) is 0 Å². The van der Waals surface area contributed by atoms with Gasteiger partial charge >= 0.3 is 0 Å². The summed E-state index contributed by atoms with van der Waals surface area (Å²) in [6.45, 7) is 4.98. The van der Waals surface area contributed by atoms with Crippen LogP contribution >= 0.6 is 0 Å². The fourth-order valence-electron chi connectivity index (χ4n) is 3.78. The van der Waals surface area contributed by atoms with Crippen molar-refractivity contribution in [1.29, 1.82) is 0 Å². The van der Waals surface area contributed by atoms with Crippen molar-refractivity contribution in [2.75, 3.05) is 17.1 Å². The molecule has 3 rings (SSSR count). The van der Waals surface area contributed by atoms with E-state index in [9.17, 15) is 13.2 Å². The first-order valence-electron chi connectivity index (χ1n) is 11.8. The molecule has 6 heteroatoms. The third-order valence-corrected chi connectivity index (χ3v) is 7.06. The fraction of sp³-hybridized carbons (Fsp3) is 0.321. The van der Waals surface area contributed by atoms with Crippen LogP contribution in [0.25, 0.3) is 0 Å². The van der Waals surface area contributed by atoms with Gasteiger partial charge < -0.3 is 5.32 Å². The summed E-state index contributed by atoms with van der Waals surface area (Å²) >= 11 is 0. The lowest BCUT2D eigenvalue weighted by Gasteiger charge is -2.23. The number of unbranched alkanes of at least 4 members (excludes halogenated alkanes) is 1. The number of nitrogens with zero attached hydrogens (tertiary/aromatic N) is 1. The summed E-state index contributed by atoms with van der Waals surface area (Å²) in [4.78, 5) is 12.6. The van der Waals surface area contributed by atoms with E-state index in [-0.39, 0.29) is 18.4 Å². The van der Waals surface area contributed by atoms with E-state index in [1.54, 1.807) is 12.1 Å². The van der Waals surface area contributed by atoms with E-state index in [1.807, 2.05) is 54.6 Å². The van der Waals surface area contributed by atoms with E-state index >= 15 is 0 Å². The Morgan fingerprint density at radius 1 is 0.912 bits per heavy atom. The van der Waals surface area contributed by atoms with Crippen LogP contribution in [0, 0.1) is 0 Å². The summed E-state index contributed by atoms with van der Waals surface area (Å²) in [5.41, 5.74) is 4.39. The molecule has 0 aromatic heterocycles. The van der Waals surface area contributed by atoms with Crippen LogP contribution in [-0.4, -0.2) is 27.1 Å². The van der Waals surface area contributed by atoms with Gasteiger partial charge in [-0.1, -0.05) is 74.9 Å². The molecule has 180 valence electrons. The number of carbonyl (C=O) groups is 1. The number of nitrogens with one attached hydrogen (secondary N) is 1. The Balaban J connectivity index is 1.64. The second kappa shape index (κ2) is 11.8. The van der Waals surface area contributed by atoms with Crippen molar-refractivity contribution in [3.63, 3.8) is 0 Å². The molecule has 1 amide bonds. The summed E-state index contributed by atoms with van der Waals surface area (Å²) in [5, 5.41) is 2.98. The molecule has 0 unspecified atom stereocenters. The molecular weight excluding hydrogens is 444 g/mol. The average molecular weight is 479 g/mol. The van der Waals surface area contributed by atoms with E-state index in [2.05, 4.69) is 31.3 Å². The van der Waals surface area contributed by atoms with E-state index in [0.29, 0.717) is 17.8 Å². The number of hydrogen-bond acceptors (Lipinski definition) is 3. The molecular formula is C28H34N2O3S. The molecule has 0 aliphatic heterocycles. The maximum absolute atomic E-state index is 12.6. The molecule has 0 fully saturated rings. The molecule has 1 atom stereocenters. The fourth-order valence-corrected chi connectivity index (χ4v) is 4.67. The van der Waals surface area contributed by atoms with Gasteiger partial charge in [0, 0.05) is 12.1 Å². The second-order valence-corrected chi connectivity index (χ2v) is 10.7. The summed E-state index contributed by atoms with van der Waals surface area (Å²) < 4.78 is 26.4. The third-order valence-electron chi connectivity index (χ3n) is 5.92. The van der Waals surface area contributed by atoms with Crippen molar-refractivity contribution in [1.82, 2.24) is 5.32 Å². The Morgan fingerprint density at radius 3 is 2.12 bits per heavy atom. The highest BCUT2D eigenvalue weighted by molar-refractivity contribution is 7.92. The first kappa shape index (κ1) is 25.5. The van der Waals surface area contributed by atoms with Crippen LogP contribution < -0.4 is 9.62 Å². The van der Waals surface area contributed by atoms with Crippen molar-refractivity contribution in [2.24, 2.45) is 0 Å². The minimum atomic E-state index is -3.46. The van der Waals surface area contributed by atoms with Crippen LogP contribution in [0.2, 0.25) is 0 Å². The molecule has 0 radical (unpaired) electrons. The quantitative estimate of drug-likeness (QED) is 0.394. The monoisotopic (exact) mass is 478 g/mol. The number of amides is 1. The zero-order valence-electron chi connectivity index (χ0n) is 20.2. The van der Waals surface area contributed by atoms with Gasteiger partial charge in [0.25, 0.3) is 5.91 Å². The highest BCUT2D eigenvalue weighted by Crippen LogP contribution is 2.22. The van der Waals surface area contributed by atoms with Crippen molar-refractivity contribution < 1.29 is 13.2 Å². The first-order chi connectivity index (χ1) is 16.3. The van der Waals surface area contributed by atoms with Crippen molar-refractivity contribution in [2.45, 2.75) is 45.6 Å². The van der Waals surface area contributed by atoms with Crippen LogP contribution in [0.5, 0.6) is 0 Å². The van der Waals surface area contributed by atoms with Gasteiger partial charge in [-0.05, 0) is 59.7 Å². The minimum Gasteiger partial charge on any atom is -0.351 e.